The lowest BCUT2D eigenvalue weighted by molar-refractivity contribution is -0.0846. The molecule has 3 N–H and O–H groups in total. The zero-order valence-corrected chi connectivity index (χ0v) is 11.7. The first kappa shape index (κ1) is 14.5. The van der Waals surface area contributed by atoms with Crippen LogP contribution in [0.1, 0.15) is 0 Å². The highest BCUT2D eigenvalue weighted by Crippen LogP contribution is 2.22. The number of anilines is 1. The first-order chi connectivity index (χ1) is 8.99. The topological polar surface area (TPSA) is 90.7 Å². The van der Waals surface area contributed by atoms with Crippen molar-refractivity contribution in [1.29, 1.82) is 0 Å². The molecule has 0 radical (unpaired) electrons. The third-order valence-corrected chi connectivity index (χ3v) is 4.43. The maximum Gasteiger partial charge on any atom is 0.240 e. The molecule has 19 heavy (non-hydrogen) atoms. The Morgan fingerprint density at radius 1 is 1.42 bits per heavy atom. The molecule has 0 spiro atoms. The highest BCUT2D eigenvalue weighted by atomic mass is 35.5. The van der Waals surface area contributed by atoms with Crippen molar-refractivity contribution in [3.63, 3.8) is 0 Å². The third-order valence-electron chi connectivity index (χ3n) is 2.66. The Morgan fingerprint density at radius 2 is 2.21 bits per heavy atom. The zero-order valence-electron chi connectivity index (χ0n) is 10.1. The summed E-state index contributed by atoms with van der Waals surface area (Å²) in [6.45, 7) is 1.55. The number of rotatable bonds is 4. The molecule has 0 amide bonds. The Balaban J connectivity index is 2.02. The van der Waals surface area contributed by atoms with Crippen LogP contribution in [-0.4, -0.2) is 40.9 Å². The van der Waals surface area contributed by atoms with Crippen LogP contribution < -0.4 is 10.5 Å². The van der Waals surface area contributed by atoms with E-state index in [-0.39, 0.29) is 23.2 Å². The summed E-state index contributed by atoms with van der Waals surface area (Å²) in [6, 6.07) is 4.17. The monoisotopic (exact) mass is 306 g/mol. The van der Waals surface area contributed by atoms with Crippen LogP contribution >= 0.6 is 11.6 Å². The van der Waals surface area contributed by atoms with Gasteiger partial charge in [0.05, 0.1) is 41.5 Å². The summed E-state index contributed by atoms with van der Waals surface area (Å²) in [5.74, 6) is 0. The summed E-state index contributed by atoms with van der Waals surface area (Å²) in [6.07, 6.45) is -0.270. The van der Waals surface area contributed by atoms with Gasteiger partial charge in [-0.1, -0.05) is 11.6 Å². The van der Waals surface area contributed by atoms with Crippen LogP contribution in [-0.2, 0) is 19.5 Å². The molecule has 106 valence electrons. The lowest BCUT2D eigenvalue weighted by Crippen LogP contribution is -2.39. The molecule has 8 heteroatoms. The molecule has 0 bridgehead atoms. The van der Waals surface area contributed by atoms with Crippen molar-refractivity contribution < 1.29 is 17.9 Å². The first-order valence-electron chi connectivity index (χ1n) is 5.73. The Bertz CT molecular complexity index is 544. The summed E-state index contributed by atoms with van der Waals surface area (Å²) < 4.78 is 37.1. The van der Waals surface area contributed by atoms with E-state index in [0.717, 1.165) is 0 Å². The van der Waals surface area contributed by atoms with E-state index in [1.54, 1.807) is 0 Å². The van der Waals surface area contributed by atoms with Crippen LogP contribution in [0.5, 0.6) is 0 Å². The van der Waals surface area contributed by atoms with E-state index in [2.05, 4.69) is 4.72 Å². The fourth-order valence-corrected chi connectivity index (χ4v) is 2.85. The Labute approximate surface area is 116 Å². The van der Waals surface area contributed by atoms with Crippen molar-refractivity contribution in [1.82, 2.24) is 4.72 Å². The van der Waals surface area contributed by atoms with Gasteiger partial charge in [-0.05, 0) is 18.2 Å². The molecular formula is C11H15ClN2O4S. The SMILES string of the molecule is Nc1cc(S(=O)(=O)NCC2COCCO2)ccc1Cl. The zero-order chi connectivity index (χ0) is 13.9. The first-order valence-corrected chi connectivity index (χ1v) is 7.59. The van der Waals surface area contributed by atoms with Crippen LogP contribution in [0, 0.1) is 0 Å². The Kier molecular flexibility index (Phi) is 4.64. The maximum atomic E-state index is 12.0. The molecule has 1 saturated heterocycles. The minimum atomic E-state index is -3.62. The van der Waals surface area contributed by atoms with Crippen molar-refractivity contribution in [2.24, 2.45) is 0 Å². The molecule has 0 aliphatic carbocycles. The fraction of sp³-hybridized carbons (Fsp3) is 0.455. The van der Waals surface area contributed by atoms with Crippen LogP contribution in [0.25, 0.3) is 0 Å². The van der Waals surface area contributed by atoms with Gasteiger partial charge in [0, 0.05) is 6.54 Å². The molecule has 1 aromatic carbocycles. The van der Waals surface area contributed by atoms with Gasteiger partial charge in [0.2, 0.25) is 10.0 Å². The number of sulfonamides is 1. The van der Waals surface area contributed by atoms with E-state index >= 15 is 0 Å². The third kappa shape index (κ3) is 3.80. The quantitative estimate of drug-likeness (QED) is 0.796. The van der Waals surface area contributed by atoms with Crippen molar-refractivity contribution in [2.75, 3.05) is 32.1 Å². The molecular weight excluding hydrogens is 292 g/mol. The van der Waals surface area contributed by atoms with Gasteiger partial charge in [0.25, 0.3) is 0 Å². The molecule has 1 heterocycles. The van der Waals surface area contributed by atoms with Gasteiger partial charge in [-0.3, -0.25) is 0 Å². The largest absolute Gasteiger partial charge is 0.397 e. The molecule has 1 atom stereocenters. The van der Waals surface area contributed by atoms with E-state index in [1.807, 2.05) is 0 Å². The van der Waals surface area contributed by atoms with Crippen LogP contribution in [0.3, 0.4) is 0 Å². The Morgan fingerprint density at radius 3 is 2.84 bits per heavy atom. The van der Waals surface area contributed by atoms with Crippen molar-refractivity contribution >= 4 is 27.3 Å². The second-order valence-electron chi connectivity index (χ2n) is 4.10. The summed E-state index contributed by atoms with van der Waals surface area (Å²) in [5.41, 5.74) is 5.81. The molecule has 0 aromatic heterocycles. The van der Waals surface area contributed by atoms with E-state index in [0.29, 0.717) is 24.8 Å². The van der Waals surface area contributed by atoms with E-state index < -0.39 is 10.0 Å². The number of nitrogen functional groups attached to an aromatic ring is 1. The number of nitrogens with two attached hydrogens (primary N) is 1. The minimum absolute atomic E-state index is 0.0751. The molecule has 1 aromatic rings. The van der Waals surface area contributed by atoms with Crippen LogP contribution in [0.2, 0.25) is 5.02 Å². The van der Waals surface area contributed by atoms with Gasteiger partial charge >= 0.3 is 0 Å². The van der Waals surface area contributed by atoms with Gasteiger partial charge in [0.1, 0.15) is 0 Å². The van der Waals surface area contributed by atoms with Gasteiger partial charge in [0.15, 0.2) is 0 Å². The van der Waals surface area contributed by atoms with Gasteiger partial charge < -0.3 is 15.2 Å². The lowest BCUT2D eigenvalue weighted by atomic mass is 10.3. The van der Waals surface area contributed by atoms with Crippen molar-refractivity contribution in [3.05, 3.63) is 23.2 Å². The van der Waals surface area contributed by atoms with Crippen LogP contribution in [0.15, 0.2) is 23.1 Å². The predicted octanol–water partition coefficient (Wildman–Crippen LogP) is 0.616. The molecule has 1 unspecified atom stereocenters. The molecule has 2 rings (SSSR count). The minimum Gasteiger partial charge on any atom is -0.397 e. The summed E-state index contributed by atoms with van der Waals surface area (Å²) in [7, 11) is -3.62. The van der Waals surface area contributed by atoms with E-state index in [1.165, 1.54) is 18.2 Å². The highest BCUT2D eigenvalue weighted by molar-refractivity contribution is 7.89. The van der Waals surface area contributed by atoms with Gasteiger partial charge in [-0.15, -0.1) is 0 Å². The Hall–Kier alpha value is -0.860. The predicted molar refractivity (Wildman–Crippen MR) is 71.6 cm³/mol. The van der Waals surface area contributed by atoms with Crippen molar-refractivity contribution in [3.8, 4) is 0 Å². The lowest BCUT2D eigenvalue weighted by Gasteiger charge is -2.23. The average molecular weight is 307 g/mol. The molecule has 1 aliphatic rings. The fourth-order valence-electron chi connectivity index (χ4n) is 1.63. The number of hydrogen-bond donors (Lipinski definition) is 2. The van der Waals surface area contributed by atoms with Crippen LogP contribution in [0.4, 0.5) is 5.69 Å². The van der Waals surface area contributed by atoms with Gasteiger partial charge in [-0.2, -0.15) is 0 Å². The molecule has 0 saturated carbocycles. The molecule has 6 nitrogen and oxygen atoms in total. The van der Waals surface area contributed by atoms with Gasteiger partial charge in [-0.25, -0.2) is 13.1 Å². The number of hydrogen-bond acceptors (Lipinski definition) is 5. The summed E-state index contributed by atoms with van der Waals surface area (Å²) in [4.78, 5) is 0.0751. The average Bonchev–Trinajstić information content (AvgIpc) is 2.41. The molecule has 1 aliphatic heterocycles. The second-order valence-corrected chi connectivity index (χ2v) is 6.28. The van der Waals surface area contributed by atoms with Crippen molar-refractivity contribution in [2.45, 2.75) is 11.0 Å². The normalized spacial score (nSPS) is 20.4. The number of benzene rings is 1. The standard InChI is InChI=1S/C11H15ClN2O4S/c12-10-2-1-9(5-11(10)13)19(15,16)14-6-8-7-17-3-4-18-8/h1-2,5,8,14H,3-4,6-7,13H2. The smallest absolute Gasteiger partial charge is 0.240 e. The summed E-state index contributed by atoms with van der Waals surface area (Å²) in [5, 5.41) is 0.322. The highest BCUT2D eigenvalue weighted by Gasteiger charge is 2.20. The summed E-state index contributed by atoms with van der Waals surface area (Å²) >= 11 is 5.75. The van der Waals surface area contributed by atoms with E-state index in [9.17, 15) is 8.42 Å². The molecule has 1 fully saturated rings. The number of ether oxygens (including phenoxy) is 2. The number of halogens is 1. The number of nitrogens with one attached hydrogen (secondary N) is 1. The van der Waals surface area contributed by atoms with E-state index in [4.69, 9.17) is 26.8 Å². The maximum absolute atomic E-state index is 12.0. The second kappa shape index (κ2) is 6.06.